The van der Waals surface area contributed by atoms with Gasteiger partial charge >= 0.3 is 0 Å². The van der Waals surface area contributed by atoms with Gasteiger partial charge < -0.3 is 14.4 Å². The molecule has 188 valence electrons. The van der Waals surface area contributed by atoms with Crippen LogP contribution in [0.3, 0.4) is 0 Å². The number of hydrogen-bond donors (Lipinski definition) is 0. The maximum atomic E-state index is 15.6. The number of nitrogens with zero attached hydrogens (tertiary/aromatic N) is 6. The fourth-order valence-electron chi connectivity index (χ4n) is 4.64. The first-order valence-corrected chi connectivity index (χ1v) is 11.7. The molecular formula is C26H28F2N6O2. The van der Waals surface area contributed by atoms with Crippen LogP contribution in [0.2, 0.25) is 0 Å². The summed E-state index contributed by atoms with van der Waals surface area (Å²) in [5, 5.41) is 4.24. The van der Waals surface area contributed by atoms with Gasteiger partial charge in [-0.3, -0.25) is 14.6 Å². The molecule has 5 rings (SSSR count). The van der Waals surface area contributed by atoms with Crippen LogP contribution in [0, 0.1) is 11.6 Å². The molecule has 0 bridgehead atoms. The van der Waals surface area contributed by atoms with Crippen LogP contribution < -0.4 is 14.4 Å². The molecule has 0 saturated carbocycles. The van der Waals surface area contributed by atoms with Gasteiger partial charge in [-0.1, -0.05) is 0 Å². The lowest BCUT2D eigenvalue weighted by molar-refractivity contribution is 0.224. The number of rotatable bonds is 5. The summed E-state index contributed by atoms with van der Waals surface area (Å²) in [5.74, 6) is -1.74. The van der Waals surface area contributed by atoms with Gasteiger partial charge in [0.05, 0.1) is 43.3 Å². The van der Waals surface area contributed by atoms with Crippen LogP contribution in [0.5, 0.6) is 11.5 Å². The molecule has 36 heavy (non-hydrogen) atoms. The van der Waals surface area contributed by atoms with Crippen molar-refractivity contribution in [2.45, 2.75) is 26.4 Å². The first kappa shape index (κ1) is 23.9. The summed E-state index contributed by atoms with van der Waals surface area (Å²) in [6.07, 6.45) is 5.32. The van der Waals surface area contributed by atoms with Gasteiger partial charge in [-0.05, 0) is 26.0 Å². The minimum Gasteiger partial charge on any atom is -0.493 e. The maximum Gasteiger partial charge on any atom is 0.191 e. The third-order valence-electron chi connectivity index (χ3n) is 6.61. The Morgan fingerprint density at radius 2 is 1.72 bits per heavy atom. The number of benzene rings is 2. The van der Waals surface area contributed by atoms with Gasteiger partial charge in [0.15, 0.2) is 23.1 Å². The van der Waals surface area contributed by atoms with Gasteiger partial charge in [-0.25, -0.2) is 13.8 Å². The normalized spacial score (nSPS) is 14.3. The molecule has 0 spiro atoms. The highest BCUT2D eigenvalue weighted by Crippen LogP contribution is 2.43. The smallest absolute Gasteiger partial charge is 0.191 e. The Bertz CT molecular complexity index is 1410. The number of halogens is 2. The molecule has 8 nitrogen and oxygen atoms in total. The lowest BCUT2D eigenvalue weighted by Gasteiger charge is -2.27. The Balaban J connectivity index is 1.76. The lowest BCUT2D eigenvalue weighted by Crippen LogP contribution is -2.34. The molecule has 0 amide bonds. The standard InChI is InChI=1S/C26H28F2N6O2/c1-15(2)33-8-9-34(26-23(27)21(35-4)10-22(36-5)24(26)28)20-7-6-18-25(17(20)14-33)31-19(12-29-18)16-11-30-32(3)13-16/h6-7,10-13,15H,8-9,14H2,1-5H3. The van der Waals surface area contributed by atoms with Crippen molar-refractivity contribution in [2.24, 2.45) is 7.05 Å². The summed E-state index contributed by atoms with van der Waals surface area (Å²) in [7, 11) is 4.53. The molecule has 0 N–H and O–H groups in total. The fourth-order valence-corrected chi connectivity index (χ4v) is 4.64. The number of aryl methyl sites for hydroxylation is 1. The summed E-state index contributed by atoms with van der Waals surface area (Å²) < 4.78 is 43.3. The molecule has 1 aliphatic heterocycles. The SMILES string of the molecule is COc1cc(OC)c(F)c(N2CCN(C(C)C)Cc3c2ccc2ncc(-c4cnn(C)c4)nc32)c1F. The van der Waals surface area contributed by atoms with Crippen molar-refractivity contribution in [2.75, 3.05) is 32.2 Å². The van der Waals surface area contributed by atoms with E-state index < -0.39 is 11.6 Å². The number of ether oxygens (including phenoxy) is 2. The van der Waals surface area contributed by atoms with Crippen molar-refractivity contribution in [3.8, 4) is 22.8 Å². The van der Waals surface area contributed by atoms with Crippen molar-refractivity contribution >= 4 is 22.4 Å². The Morgan fingerprint density at radius 3 is 2.33 bits per heavy atom. The molecule has 0 saturated heterocycles. The zero-order chi connectivity index (χ0) is 25.6. The van der Waals surface area contributed by atoms with E-state index >= 15 is 8.78 Å². The first-order valence-electron chi connectivity index (χ1n) is 11.7. The minimum absolute atomic E-state index is 0.0887. The van der Waals surface area contributed by atoms with Crippen LogP contribution in [-0.2, 0) is 13.6 Å². The highest BCUT2D eigenvalue weighted by Gasteiger charge is 2.31. The van der Waals surface area contributed by atoms with E-state index in [0.717, 1.165) is 11.1 Å². The van der Waals surface area contributed by atoms with E-state index in [4.69, 9.17) is 14.5 Å². The quantitative estimate of drug-likeness (QED) is 0.399. The van der Waals surface area contributed by atoms with Crippen LogP contribution in [0.15, 0.2) is 36.8 Å². The van der Waals surface area contributed by atoms with Gasteiger partial charge in [0.2, 0.25) is 0 Å². The van der Waals surface area contributed by atoms with Crippen molar-refractivity contribution in [3.05, 3.63) is 54.0 Å². The molecule has 2 aromatic carbocycles. The molecule has 0 atom stereocenters. The molecule has 3 heterocycles. The zero-order valence-electron chi connectivity index (χ0n) is 20.9. The van der Waals surface area contributed by atoms with Gasteiger partial charge in [-0.2, -0.15) is 5.10 Å². The minimum atomic E-state index is -0.782. The Morgan fingerprint density at radius 1 is 1.00 bits per heavy atom. The molecule has 0 unspecified atom stereocenters. The third kappa shape index (κ3) is 4.01. The van der Waals surface area contributed by atoms with Gasteiger partial charge in [0, 0.05) is 61.8 Å². The number of methoxy groups -OCH3 is 2. The third-order valence-corrected chi connectivity index (χ3v) is 6.61. The maximum absolute atomic E-state index is 15.6. The van der Waals surface area contributed by atoms with Crippen LogP contribution >= 0.6 is 0 Å². The van der Waals surface area contributed by atoms with E-state index in [1.807, 2.05) is 25.4 Å². The van der Waals surface area contributed by atoms with Crippen LogP contribution in [-0.4, -0.2) is 58.0 Å². The highest BCUT2D eigenvalue weighted by molar-refractivity contribution is 5.88. The number of anilines is 2. The Labute approximate surface area is 208 Å². The number of aromatic nitrogens is 4. The number of fused-ring (bicyclic) bond motifs is 3. The summed E-state index contributed by atoms with van der Waals surface area (Å²) in [6, 6.07) is 5.11. The molecule has 0 aliphatic carbocycles. The molecule has 2 aromatic heterocycles. The predicted molar refractivity (Wildman–Crippen MR) is 134 cm³/mol. The summed E-state index contributed by atoms with van der Waals surface area (Å²) in [4.78, 5) is 13.5. The average molecular weight is 495 g/mol. The molecule has 4 aromatic rings. The van der Waals surface area contributed by atoms with E-state index in [1.54, 1.807) is 22.0 Å². The van der Waals surface area contributed by atoms with E-state index in [-0.39, 0.29) is 23.2 Å². The molecular weight excluding hydrogens is 466 g/mol. The first-order chi connectivity index (χ1) is 17.3. The van der Waals surface area contributed by atoms with E-state index in [0.29, 0.717) is 42.0 Å². The second-order valence-corrected chi connectivity index (χ2v) is 9.06. The van der Waals surface area contributed by atoms with Crippen molar-refractivity contribution in [1.29, 1.82) is 0 Å². The largest absolute Gasteiger partial charge is 0.493 e. The highest BCUT2D eigenvalue weighted by atomic mass is 19.1. The van der Waals surface area contributed by atoms with E-state index in [9.17, 15) is 0 Å². The van der Waals surface area contributed by atoms with Crippen LogP contribution in [0.4, 0.5) is 20.2 Å². The topological polar surface area (TPSA) is 68.5 Å². The van der Waals surface area contributed by atoms with Crippen LogP contribution in [0.25, 0.3) is 22.3 Å². The second kappa shape index (κ2) is 9.34. The fraction of sp³-hybridized carbons (Fsp3) is 0.346. The average Bonchev–Trinajstić information content (AvgIpc) is 3.21. The molecule has 0 fully saturated rings. The van der Waals surface area contributed by atoms with E-state index in [1.165, 1.54) is 20.3 Å². The van der Waals surface area contributed by atoms with Gasteiger partial charge in [0.25, 0.3) is 0 Å². The van der Waals surface area contributed by atoms with Crippen molar-refractivity contribution in [3.63, 3.8) is 0 Å². The van der Waals surface area contributed by atoms with Crippen molar-refractivity contribution in [1.82, 2.24) is 24.6 Å². The van der Waals surface area contributed by atoms with Gasteiger partial charge in [-0.15, -0.1) is 0 Å². The zero-order valence-corrected chi connectivity index (χ0v) is 20.9. The summed E-state index contributed by atoms with van der Waals surface area (Å²) in [5.41, 5.74) is 4.20. The second-order valence-electron chi connectivity index (χ2n) is 9.06. The van der Waals surface area contributed by atoms with Crippen molar-refractivity contribution < 1.29 is 18.3 Å². The Kier molecular flexibility index (Phi) is 6.21. The monoisotopic (exact) mass is 494 g/mol. The Hall–Kier alpha value is -3.79. The van der Waals surface area contributed by atoms with Gasteiger partial charge in [0.1, 0.15) is 5.69 Å². The molecule has 1 aliphatic rings. The lowest BCUT2D eigenvalue weighted by atomic mass is 10.1. The van der Waals surface area contributed by atoms with E-state index in [2.05, 4.69) is 28.8 Å². The summed E-state index contributed by atoms with van der Waals surface area (Å²) in [6.45, 7) is 5.70. The number of hydrogen-bond acceptors (Lipinski definition) is 7. The molecule has 0 radical (unpaired) electrons. The molecule has 10 heteroatoms. The predicted octanol–water partition coefficient (Wildman–Crippen LogP) is 4.69. The van der Waals surface area contributed by atoms with Crippen LogP contribution in [0.1, 0.15) is 19.4 Å². The summed E-state index contributed by atoms with van der Waals surface area (Å²) >= 11 is 0.